The lowest BCUT2D eigenvalue weighted by Crippen LogP contribution is -2.11. The predicted octanol–water partition coefficient (Wildman–Crippen LogP) is 2.74. The van der Waals surface area contributed by atoms with Crippen LogP contribution in [0.4, 0.5) is 11.6 Å². The van der Waals surface area contributed by atoms with Crippen LogP contribution in [0.3, 0.4) is 0 Å². The number of nitrogens with one attached hydrogen (secondary N) is 2. The SMILES string of the molecule is CCNc1nc(CC)nc(NCCCCCCO)c1C. The monoisotopic (exact) mass is 280 g/mol. The van der Waals surface area contributed by atoms with E-state index in [1.54, 1.807) is 0 Å². The summed E-state index contributed by atoms with van der Waals surface area (Å²) in [6.07, 6.45) is 5.06. The number of unbranched alkanes of at least 4 members (excludes halogenated alkanes) is 3. The molecule has 0 aromatic carbocycles. The van der Waals surface area contributed by atoms with Gasteiger partial charge in [0.05, 0.1) is 0 Å². The minimum Gasteiger partial charge on any atom is -0.396 e. The smallest absolute Gasteiger partial charge is 0.134 e. The van der Waals surface area contributed by atoms with Crippen molar-refractivity contribution in [2.24, 2.45) is 0 Å². The summed E-state index contributed by atoms with van der Waals surface area (Å²) in [4.78, 5) is 9.09. The minimum absolute atomic E-state index is 0.296. The Morgan fingerprint density at radius 1 is 0.950 bits per heavy atom. The maximum Gasteiger partial charge on any atom is 0.134 e. The summed E-state index contributed by atoms with van der Waals surface area (Å²) >= 11 is 0. The lowest BCUT2D eigenvalue weighted by atomic mass is 10.2. The Morgan fingerprint density at radius 2 is 1.60 bits per heavy atom. The highest BCUT2D eigenvalue weighted by atomic mass is 16.2. The van der Waals surface area contributed by atoms with Crippen molar-refractivity contribution in [1.82, 2.24) is 9.97 Å². The first-order valence-corrected chi connectivity index (χ1v) is 7.69. The highest BCUT2D eigenvalue weighted by molar-refractivity contribution is 5.57. The van der Waals surface area contributed by atoms with Gasteiger partial charge in [0.25, 0.3) is 0 Å². The molecule has 0 radical (unpaired) electrons. The molecule has 0 bridgehead atoms. The molecule has 0 spiro atoms. The van der Waals surface area contributed by atoms with Gasteiger partial charge in [-0.25, -0.2) is 9.97 Å². The molecular formula is C15H28N4O. The number of hydrogen-bond acceptors (Lipinski definition) is 5. The van der Waals surface area contributed by atoms with Gasteiger partial charge in [-0.05, 0) is 26.7 Å². The Kier molecular flexibility index (Phi) is 7.95. The molecule has 0 aliphatic carbocycles. The molecule has 0 aliphatic rings. The molecule has 0 fully saturated rings. The van der Waals surface area contributed by atoms with Crippen LogP contribution in [-0.4, -0.2) is 34.8 Å². The van der Waals surface area contributed by atoms with Gasteiger partial charge in [0.15, 0.2) is 0 Å². The van der Waals surface area contributed by atoms with Gasteiger partial charge in [0.1, 0.15) is 17.5 Å². The summed E-state index contributed by atoms with van der Waals surface area (Å²) in [6, 6.07) is 0. The summed E-state index contributed by atoms with van der Waals surface area (Å²) in [6.45, 7) is 8.26. The number of aliphatic hydroxyl groups excluding tert-OH is 1. The first-order chi connectivity index (χ1) is 9.72. The third kappa shape index (κ3) is 5.33. The number of hydrogen-bond donors (Lipinski definition) is 3. The molecule has 114 valence electrons. The van der Waals surface area contributed by atoms with Crippen molar-refractivity contribution in [3.8, 4) is 0 Å². The molecule has 1 rings (SSSR count). The van der Waals surface area contributed by atoms with Crippen LogP contribution in [0.15, 0.2) is 0 Å². The molecule has 3 N–H and O–H groups in total. The van der Waals surface area contributed by atoms with Crippen LogP contribution < -0.4 is 10.6 Å². The zero-order valence-corrected chi connectivity index (χ0v) is 13.0. The van der Waals surface area contributed by atoms with Gasteiger partial charge in [-0.2, -0.15) is 0 Å². The number of aliphatic hydroxyl groups is 1. The van der Waals surface area contributed by atoms with Crippen LogP contribution in [0.5, 0.6) is 0 Å². The second kappa shape index (κ2) is 9.53. The van der Waals surface area contributed by atoms with E-state index in [1.807, 2.05) is 6.92 Å². The van der Waals surface area contributed by atoms with Crippen LogP contribution >= 0.6 is 0 Å². The normalized spacial score (nSPS) is 10.6. The lowest BCUT2D eigenvalue weighted by Gasteiger charge is -2.14. The Bertz CT molecular complexity index is 396. The number of rotatable bonds is 10. The Hall–Kier alpha value is -1.36. The number of anilines is 2. The van der Waals surface area contributed by atoms with Crippen molar-refractivity contribution >= 4 is 11.6 Å². The standard InChI is InChI=1S/C15H28N4O/c1-4-13-18-14(16-5-2)12(3)15(19-13)17-10-8-6-7-9-11-20/h20H,4-11H2,1-3H3,(H2,16,17,18,19). The maximum absolute atomic E-state index is 8.74. The van der Waals surface area contributed by atoms with E-state index in [1.165, 1.54) is 0 Å². The third-order valence-electron chi connectivity index (χ3n) is 3.23. The molecule has 0 saturated carbocycles. The molecule has 0 unspecified atom stereocenters. The second-order valence-electron chi connectivity index (χ2n) is 4.91. The van der Waals surface area contributed by atoms with Gasteiger partial charge in [0, 0.05) is 31.7 Å². The van der Waals surface area contributed by atoms with Crippen LogP contribution in [0.2, 0.25) is 0 Å². The van der Waals surface area contributed by atoms with E-state index < -0.39 is 0 Å². The zero-order chi connectivity index (χ0) is 14.8. The van der Waals surface area contributed by atoms with Crippen molar-refractivity contribution in [2.75, 3.05) is 30.3 Å². The fraction of sp³-hybridized carbons (Fsp3) is 0.733. The van der Waals surface area contributed by atoms with E-state index in [0.29, 0.717) is 6.61 Å². The van der Waals surface area contributed by atoms with Crippen LogP contribution in [0.1, 0.15) is 50.9 Å². The summed E-state index contributed by atoms with van der Waals surface area (Å²) in [7, 11) is 0. The van der Waals surface area contributed by atoms with Gasteiger partial charge in [-0.15, -0.1) is 0 Å². The fourth-order valence-corrected chi connectivity index (χ4v) is 2.03. The Morgan fingerprint density at radius 3 is 2.20 bits per heavy atom. The van der Waals surface area contributed by atoms with Gasteiger partial charge >= 0.3 is 0 Å². The van der Waals surface area contributed by atoms with Crippen LogP contribution in [-0.2, 0) is 6.42 Å². The number of aromatic nitrogens is 2. The molecule has 1 aromatic heterocycles. The van der Waals surface area contributed by atoms with E-state index in [-0.39, 0.29) is 0 Å². The van der Waals surface area contributed by atoms with E-state index in [0.717, 1.165) is 68.2 Å². The van der Waals surface area contributed by atoms with Crippen molar-refractivity contribution < 1.29 is 5.11 Å². The van der Waals surface area contributed by atoms with Gasteiger partial charge in [-0.3, -0.25) is 0 Å². The van der Waals surface area contributed by atoms with Crippen molar-refractivity contribution in [1.29, 1.82) is 0 Å². The van der Waals surface area contributed by atoms with E-state index in [4.69, 9.17) is 5.11 Å². The molecule has 0 atom stereocenters. The molecule has 20 heavy (non-hydrogen) atoms. The van der Waals surface area contributed by atoms with Crippen molar-refractivity contribution in [3.05, 3.63) is 11.4 Å². The molecule has 0 aliphatic heterocycles. The summed E-state index contributed by atoms with van der Waals surface area (Å²) < 4.78 is 0. The highest BCUT2D eigenvalue weighted by Crippen LogP contribution is 2.20. The van der Waals surface area contributed by atoms with Crippen LogP contribution in [0, 0.1) is 6.92 Å². The average molecular weight is 280 g/mol. The van der Waals surface area contributed by atoms with Gasteiger partial charge in [-0.1, -0.05) is 19.8 Å². The van der Waals surface area contributed by atoms with Gasteiger partial charge in [0.2, 0.25) is 0 Å². The molecule has 0 saturated heterocycles. The Labute approximate surface area is 122 Å². The average Bonchev–Trinajstić information content (AvgIpc) is 2.46. The third-order valence-corrected chi connectivity index (χ3v) is 3.23. The molecule has 5 nitrogen and oxygen atoms in total. The fourth-order valence-electron chi connectivity index (χ4n) is 2.03. The zero-order valence-electron chi connectivity index (χ0n) is 13.0. The molecule has 5 heteroatoms. The summed E-state index contributed by atoms with van der Waals surface area (Å²) in [5.41, 5.74) is 1.08. The van der Waals surface area contributed by atoms with E-state index in [2.05, 4.69) is 34.4 Å². The minimum atomic E-state index is 0.296. The Balaban J connectivity index is 2.57. The van der Waals surface area contributed by atoms with E-state index >= 15 is 0 Å². The maximum atomic E-state index is 8.74. The molecule has 0 amide bonds. The van der Waals surface area contributed by atoms with Crippen molar-refractivity contribution in [2.45, 2.75) is 52.9 Å². The molecular weight excluding hydrogens is 252 g/mol. The largest absolute Gasteiger partial charge is 0.396 e. The predicted molar refractivity (Wildman–Crippen MR) is 84.4 cm³/mol. The van der Waals surface area contributed by atoms with Crippen molar-refractivity contribution in [3.63, 3.8) is 0 Å². The quantitative estimate of drug-likeness (QED) is 0.575. The summed E-state index contributed by atoms with van der Waals surface area (Å²) in [5, 5.41) is 15.4. The topological polar surface area (TPSA) is 70.1 Å². The number of nitrogens with zero attached hydrogens (tertiary/aromatic N) is 2. The second-order valence-corrected chi connectivity index (χ2v) is 4.91. The first kappa shape index (κ1) is 16.7. The van der Waals surface area contributed by atoms with E-state index in [9.17, 15) is 0 Å². The highest BCUT2D eigenvalue weighted by Gasteiger charge is 2.09. The lowest BCUT2D eigenvalue weighted by molar-refractivity contribution is 0.283. The molecule has 1 heterocycles. The first-order valence-electron chi connectivity index (χ1n) is 7.69. The number of aryl methyl sites for hydroxylation is 1. The van der Waals surface area contributed by atoms with Crippen LogP contribution in [0.25, 0.3) is 0 Å². The molecule has 1 aromatic rings. The van der Waals surface area contributed by atoms with Gasteiger partial charge < -0.3 is 15.7 Å². The summed E-state index contributed by atoms with van der Waals surface area (Å²) in [5.74, 6) is 2.74.